The lowest BCUT2D eigenvalue weighted by Gasteiger charge is -2.19. The minimum Gasteiger partial charge on any atom is -0.425 e. The van der Waals surface area contributed by atoms with Gasteiger partial charge in [-0.25, -0.2) is 4.98 Å². The van der Waals surface area contributed by atoms with E-state index in [0.717, 1.165) is 24.9 Å². The molecule has 0 saturated carbocycles. The Bertz CT molecular complexity index is 1080. The SMILES string of the molecule is O=C(CCc1nnc(CCc2ccccc2)o1)N[C@@H](CCn1ccnc1)c1ccccc1. The normalized spacial score (nSPS) is 11.9. The number of carbonyl (C=O) groups is 1. The van der Waals surface area contributed by atoms with Crippen molar-refractivity contribution in [2.24, 2.45) is 0 Å². The zero-order valence-corrected chi connectivity index (χ0v) is 17.9. The molecule has 0 fully saturated rings. The van der Waals surface area contributed by atoms with Gasteiger partial charge in [-0.3, -0.25) is 4.79 Å². The topological polar surface area (TPSA) is 85.8 Å². The second kappa shape index (κ2) is 11.0. The van der Waals surface area contributed by atoms with Gasteiger partial charge in [-0.2, -0.15) is 0 Å². The molecule has 4 rings (SSSR count). The van der Waals surface area contributed by atoms with E-state index in [-0.39, 0.29) is 11.9 Å². The van der Waals surface area contributed by atoms with Gasteiger partial charge < -0.3 is 14.3 Å². The second-order valence-corrected chi connectivity index (χ2v) is 7.70. The van der Waals surface area contributed by atoms with E-state index in [2.05, 4.69) is 32.6 Å². The Kier molecular flexibility index (Phi) is 7.42. The number of hydrogen-bond acceptors (Lipinski definition) is 5. The monoisotopic (exact) mass is 429 g/mol. The fraction of sp³-hybridized carbons (Fsp3) is 0.280. The Labute approximate surface area is 187 Å². The van der Waals surface area contributed by atoms with Crippen LogP contribution in [0, 0.1) is 0 Å². The lowest BCUT2D eigenvalue weighted by atomic mass is 10.0. The summed E-state index contributed by atoms with van der Waals surface area (Å²) in [5, 5.41) is 11.4. The van der Waals surface area contributed by atoms with Crippen LogP contribution in [0.15, 0.2) is 83.8 Å². The van der Waals surface area contributed by atoms with E-state index in [1.807, 2.05) is 59.3 Å². The first kappa shape index (κ1) is 21.5. The molecular formula is C25H27N5O2. The smallest absolute Gasteiger partial charge is 0.220 e. The molecular weight excluding hydrogens is 402 g/mol. The van der Waals surface area contributed by atoms with E-state index in [1.54, 1.807) is 12.5 Å². The minimum absolute atomic E-state index is 0.0338. The number of aromatic nitrogens is 4. The molecule has 7 nitrogen and oxygen atoms in total. The highest BCUT2D eigenvalue weighted by molar-refractivity contribution is 5.76. The summed E-state index contributed by atoms with van der Waals surface area (Å²) in [6.45, 7) is 0.772. The summed E-state index contributed by atoms with van der Waals surface area (Å²) in [6.07, 6.45) is 8.50. The van der Waals surface area contributed by atoms with Crippen molar-refractivity contribution in [3.05, 3.63) is 102 Å². The lowest BCUT2D eigenvalue weighted by molar-refractivity contribution is -0.122. The first-order valence-corrected chi connectivity index (χ1v) is 10.9. The molecule has 7 heteroatoms. The molecule has 0 spiro atoms. The summed E-state index contributed by atoms with van der Waals surface area (Å²) in [6, 6.07) is 20.2. The molecule has 0 aliphatic carbocycles. The maximum absolute atomic E-state index is 12.7. The number of benzene rings is 2. The third-order valence-electron chi connectivity index (χ3n) is 5.32. The van der Waals surface area contributed by atoms with Crippen LogP contribution in [0.4, 0.5) is 0 Å². The number of nitrogens with one attached hydrogen (secondary N) is 1. The number of hydrogen-bond donors (Lipinski definition) is 1. The van der Waals surface area contributed by atoms with Gasteiger partial charge in [0.05, 0.1) is 12.4 Å². The van der Waals surface area contributed by atoms with Crippen molar-refractivity contribution in [3.8, 4) is 0 Å². The summed E-state index contributed by atoms with van der Waals surface area (Å²) >= 11 is 0. The molecule has 1 amide bonds. The second-order valence-electron chi connectivity index (χ2n) is 7.70. The molecule has 0 unspecified atom stereocenters. The number of rotatable bonds is 11. The number of amides is 1. The predicted octanol–water partition coefficient (Wildman–Crippen LogP) is 3.93. The number of imidazole rings is 1. The van der Waals surface area contributed by atoms with Crippen LogP contribution in [0.25, 0.3) is 0 Å². The molecule has 2 aromatic carbocycles. The zero-order valence-electron chi connectivity index (χ0n) is 17.9. The molecule has 0 aliphatic heterocycles. The zero-order chi connectivity index (χ0) is 22.0. The molecule has 0 bridgehead atoms. The lowest BCUT2D eigenvalue weighted by Crippen LogP contribution is -2.29. The summed E-state index contributed by atoms with van der Waals surface area (Å²) in [5.74, 6) is 1.07. The van der Waals surface area contributed by atoms with Crippen molar-refractivity contribution >= 4 is 5.91 Å². The van der Waals surface area contributed by atoms with Gasteiger partial charge in [-0.1, -0.05) is 60.7 Å². The van der Waals surface area contributed by atoms with Gasteiger partial charge in [-0.05, 0) is 24.0 Å². The van der Waals surface area contributed by atoms with E-state index in [4.69, 9.17) is 4.42 Å². The Morgan fingerprint density at radius 1 is 0.938 bits per heavy atom. The van der Waals surface area contributed by atoms with Gasteiger partial charge in [-0.15, -0.1) is 10.2 Å². The van der Waals surface area contributed by atoms with Crippen molar-refractivity contribution in [3.63, 3.8) is 0 Å². The summed E-state index contributed by atoms with van der Waals surface area (Å²) in [4.78, 5) is 16.7. The molecule has 4 aromatic rings. The highest BCUT2D eigenvalue weighted by atomic mass is 16.4. The fourth-order valence-corrected chi connectivity index (χ4v) is 3.58. The molecule has 164 valence electrons. The third-order valence-corrected chi connectivity index (χ3v) is 5.32. The van der Waals surface area contributed by atoms with E-state index in [1.165, 1.54) is 5.56 Å². The van der Waals surface area contributed by atoms with E-state index in [0.29, 0.717) is 31.0 Å². The van der Waals surface area contributed by atoms with Crippen molar-refractivity contribution in [2.75, 3.05) is 0 Å². The summed E-state index contributed by atoms with van der Waals surface area (Å²) in [7, 11) is 0. The van der Waals surface area contributed by atoms with Gasteiger partial charge in [0.25, 0.3) is 0 Å². The van der Waals surface area contributed by atoms with Crippen LogP contribution in [0.3, 0.4) is 0 Å². The summed E-state index contributed by atoms with van der Waals surface area (Å²) in [5.41, 5.74) is 2.32. The number of carbonyl (C=O) groups excluding carboxylic acids is 1. The highest BCUT2D eigenvalue weighted by Gasteiger charge is 2.16. The van der Waals surface area contributed by atoms with Crippen molar-refractivity contribution < 1.29 is 9.21 Å². The molecule has 1 N–H and O–H groups in total. The van der Waals surface area contributed by atoms with Crippen molar-refractivity contribution in [2.45, 2.75) is 44.7 Å². The van der Waals surface area contributed by atoms with Crippen LogP contribution in [0.2, 0.25) is 0 Å². The molecule has 0 aliphatic rings. The van der Waals surface area contributed by atoms with Crippen molar-refractivity contribution in [1.29, 1.82) is 0 Å². The Balaban J connectivity index is 1.28. The Morgan fingerprint density at radius 3 is 2.38 bits per heavy atom. The quantitative estimate of drug-likeness (QED) is 0.390. The fourth-order valence-electron chi connectivity index (χ4n) is 3.58. The molecule has 1 atom stereocenters. The Morgan fingerprint density at radius 2 is 1.66 bits per heavy atom. The van der Waals surface area contributed by atoms with Crippen LogP contribution in [-0.2, 0) is 30.6 Å². The van der Waals surface area contributed by atoms with E-state index < -0.39 is 0 Å². The van der Waals surface area contributed by atoms with Gasteiger partial charge >= 0.3 is 0 Å². The third kappa shape index (κ3) is 6.38. The molecule has 2 heterocycles. The van der Waals surface area contributed by atoms with E-state index in [9.17, 15) is 4.79 Å². The van der Waals surface area contributed by atoms with Crippen LogP contribution in [-0.4, -0.2) is 25.7 Å². The molecule has 2 aromatic heterocycles. The van der Waals surface area contributed by atoms with Gasteiger partial charge in [0.15, 0.2) is 0 Å². The van der Waals surface area contributed by atoms with Crippen LogP contribution < -0.4 is 5.32 Å². The molecule has 32 heavy (non-hydrogen) atoms. The summed E-state index contributed by atoms with van der Waals surface area (Å²) < 4.78 is 7.74. The molecule has 0 saturated heterocycles. The van der Waals surface area contributed by atoms with Gasteiger partial charge in [0.1, 0.15) is 0 Å². The standard InChI is InChI=1S/C25H27N5O2/c31-23(12-14-25-29-28-24(32-25)13-11-20-7-3-1-4-8-20)27-22(21-9-5-2-6-10-21)15-17-30-18-16-26-19-30/h1-10,16,18-19,22H,11-15,17H2,(H,27,31)/t22-/m0/s1. The maximum Gasteiger partial charge on any atom is 0.220 e. The Hall–Kier alpha value is -3.74. The van der Waals surface area contributed by atoms with Gasteiger partial charge in [0.2, 0.25) is 17.7 Å². The highest BCUT2D eigenvalue weighted by Crippen LogP contribution is 2.18. The van der Waals surface area contributed by atoms with Crippen LogP contribution in [0.5, 0.6) is 0 Å². The molecule has 0 radical (unpaired) electrons. The largest absolute Gasteiger partial charge is 0.425 e. The predicted molar refractivity (Wildman–Crippen MR) is 121 cm³/mol. The van der Waals surface area contributed by atoms with Crippen LogP contribution in [0.1, 0.15) is 41.8 Å². The van der Waals surface area contributed by atoms with E-state index >= 15 is 0 Å². The number of aryl methyl sites for hydroxylation is 4. The average molecular weight is 430 g/mol. The number of nitrogens with zero attached hydrogens (tertiary/aromatic N) is 4. The first-order valence-electron chi connectivity index (χ1n) is 10.9. The van der Waals surface area contributed by atoms with Crippen molar-refractivity contribution in [1.82, 2.24) is 25.1 Å². The maximum atomic E-state index is 12.7. The minimum atomic E-state index is -0.0739. The average Bonchev–Trinajstić information content (AvgIpc) is 3.52. The van der Waals surface area contributed by atoms with Gasteiger partial charge in [0, 0.05) is 38.2 Å². The first-order chi connectivity index (χ1) is 15.8. The van der Waals surface area contributed by atoms with Crippen LogP contribution >= 0.6 is 0 Å².